The number of anilines is 1. The fourth-order valence-corrected chi connectivity index (χ4v) is 5.59. The van der Waals surface area contributed by atoms with Crippen molar-refractivity contribution in [1.82, 2.24) is 9.62 Å². The molecule has 0 aromatic heterocycles. The Bertz CT molecular complexity index is 1020. The zero-order chi connectivity index (χ0) is 21.7. The molecule has 1 aliphatic heterocycles. The summed E-state index contributed by atoms with van der Waals surface area (Å²) in [5.41, 5.74) is 0.873. The van der Waals surface area contributed by atoms with Gasteiger partial charge in [-0.15, -0.1) is 0 Å². The highest BCUT2D eigenvalue weighted by Crippen LogP contribution is 2.27. The number of carbonyl (C=O) groups is 1. The Kier molecular flexibility index (Phi) is 7.33. The summed E-state index contributed by atoms with van der Waals surface area (Å²) in [5.74, 6) is -0.431. The molecule has 6 nitrogen and oxygen atoms in total. The molecule has 1 aliphatic rings. The minimum absolute atomic E-state index is 0.0972. The number of carbonyl (C=O) groups excluding carboxylic acids is 1. The second kappa shape index (κ2) is 9.76. The smallest absolute Gasteiger partial charge is 0.319 e. The number of piperidine rings is 1. The lowest BCUT2D eigenvalue weighted by molar-refractivity contribution is 0.234. The van der Waals surface area contributed by atoms with Gasteiger partial charge in [0, 0.05) is 29.8 Å². The molecule has 2 aromatic carbocycles. The molecule has 0 bridgehead atoms. The zero-order valence-corrected chi connectivity index (χ0v) is 18.3. The molecule has 1 atom stereocenters. The Labute approximate surface area is 181 Å². The van der Waals surface area contributed by atoms with Crippen LogP contribution in [0.5, 0.6) is 0 Å². The fraction of sp³-hybridized carbons (Fsp3) is 0.381. The molecule has 0 unspecified atom stereocenters. The summed E-state index contributed by atoms with van der Waals surface area (Å²) in [5, 5.41) is 5.98. The number of amides is 2. The zero-order valence-electron chi connectivity index (χ0n) is 16.7. The first-order chi connectivity index (χ1) is 14.3. The molecule has 162 valence electrons. The number of halogens is 2. The van der Waals surface area contributed by atoms with E-state index in [1.807, 2.05) is 0 Å². The summed E-state index contributed by atoms with van der Waals surface area (Å²) in [7, 11) is -3.73. The lowest BCUT2D eigenvalue weighted by atomic mass is 10.0. The Morgan fingerprint density at radius 2 is 2.03 bits per heavy atom. The first kappa shape index (κ1) is 22.5. The van der Waals surface area contributed by atoms with E-state index >= 15 is 0 Å². The maximum Gasteiger partial charge on any atom is 0.319 e. The van der Waals surface area contributed by atoms with Gasteiger partial charge in [-0.2, -0.15) is 4.31 Å². The van der Waals surface area contributed by atoms with Gasteiger partial charge in [0.2, 0.25) is 10.0 Å². The number of hydrogen-bond acceptors (Lipinski definition) is 3. The van der Waals surface area contributed by atoms with Crippen molar-refractivity contribution in [1.29, 1.82) is 0 Å². The molecule has 0 radical (unpaired) electrons. The van der Waals surface area contributed by atoms with E-state index in [9.17, 15) is 17.6 Å². The average Bonchev–Trinajstić information content (AvgIpc) is 2.70. The van der Waals surface area contributed by atoms with Crippen LogP contribution in [0, 0.1) is 12.7 Å². The van der Waals surface area contributed by atoms with Crippen LogP contribution < -0.4 is 10.6 Å². The van der Waals surface area contributed by atoms with E-state index in [0.29, 0.717) is 35.8 Å². The van der Waals surface area contributed by atoms with Gasteiger partial charge < -0.3 is 10.6 Å². The topological polar surface area (TPSA) is 78.5 Å². The number of rotatable bonds is 6. The van der Waals surface area contributed by atoms with Crippen molar-refractivity contribution in [2.45, 2.75) is 43.5 Å². The predicted octanol–water partition coefficient (Wildman–Crippen LogP) is 4.54. The van der Waals surface area contributed by atoms with Gasteiger partial charge in [-0.25, -0.2) is 17.6 Å². The summed E-state index contributed by atoms with van der Waals surface area (Å²) in [6.45, 7) is 2.29. The summed E-state index contributed by atoms with van der Waals surface area (Å²) >= 11 is 5.91. The van der Waals surface area contributed by atoms with Gasteiger partial charge in [0.1, 0.15) is 5.82 Å². The first-order valence-electron chi connectivity index (χ1n) is 9.86. The van der Waals surface area contributed by atoms with Crippen LogP contribution in [0.3, 0.4) is 0 Å². The molecule has 1 heterocycles. The first-order valence-corrected chi connectivity index (χ1v) is 11.7. The highest BCUT2D eigenvalue weighted by molar-refractivity contribution is 7.89. The number of aryl methyl sites for hydroxylation is 1. The maximum absolute atomic E-state index is 13.6. The largest absolute Gasteiger partial charge is 0.338 e. The molecule has 0 aliphatic carbocycles. The van der Waals surface area contributed by atoms with Crippen molar-refractivity contribution in [3.63, 3.8) is 0 Å². The van der Waals surface area contributed by atoms with E-state index < -0.39 is 15.8 Å². The van der Waals surface area contributed by atoms with Crippen LogP contribution in [-0.4, -0.2) is 37.9 Å². The second-order valence-corrected chi connectivity index (χ2v) is 9.68. The number of sulfonamides is 1. The average molecular weight is 454 g/mol. The Hall–Kier alpha value is -2.16. The molecule has 3 rings (SSSR count). The highest BCUT2D eigenvalue weighted by atomic mass is 35.5. The molecule has 1 fully saturated rings. The van der Waals surface area contributed by atoms with Gasteiger partial charge in [-0.1, -0.05) is 24.1 Å². The molecule has 9 heteroatoms. The normalized spacial score (nSPS) is 17.5. The minimum atomic E-state index is -3.73. The van der Waals surface area contributed by atoms with Crippen LogP contribution >= 0.6 is 11.6 Å². The molecule has 0 saturated carbocycles. The van der Waals surface area contributed by atoms with E-state index in [-0.39, 0.29) is 17.0 Å². The number of urea groups is 1. The monoisotopic (exact) mass is 453 g/mol. The Morgan fingerprint density at radius 3 is 2.77 bits per heavy atom. The highest BCUT2D eigenvalue weighted by Gasteiger charge is 2.33. The van der Waals surface area contributed by atoms with Crippen molar-refractivity contribution >= 4 is 33.3 Å². The van der Waals surface area contributed by atoms with Gasteiger partial charge in [-0.05, 0) is 68.1 Å². The van der Waals surface area contributed by atoms with Crippen molar-refractivity contribution in [3.05, 3.63) is 58.9 Å². The third-order valence-corrected chi connectivity index (χ3v) is 7.34. The molecule has 2 amide bonds. The van der Waals surface area contributed by atoms with Crippen LogP contribution in [0.1, 0.15) is 31.2 Å². The van der Waals surface area contributed by atoms with Crippen molar-refractivity contribution in [3.8, 4) is 0 Å². The molecule has 2 aromatic rings. The standard InChI is InChI=1S/C21H25ClFN3O3S/c1-15-13-19(8-9-20(15)23)30(28,29)26-12-3-2-7-18(26)10-11-24-21(27)25-17-6-4-5-16(22)14-17/h4-6,8-9,13-14,18H,2-3,7,10-12H2,1H3,(H2,24,25,27)/t18-/m0/s1. The van der Waals surface area contributed by atoms with Crippen LogP contribution in [0.25, 0.3) is 0 Å². The number of benzene rings is 2. The lowest BCUT2D eigenvalue weighted by Crippen LogP contribution is -2.45. The van der Waals surface area contributed by atoms with Gasteiger partial charge in [0.25, 0.3) is 0 Å². The maximum atomic E-state index is 13.6. The molecule has 30 heavy (non-hydrogen) atoms. The molecule has 0 spiro atoms. The summed E-state index contributed by atoms with van der Waals surface area (Å²) in [6, 6.07) is 10.1. The van der Waals surface area contributed by atoms with E-state index in [4.69, 9.17) is 11.6 Å². The summed E-state index contributed by atoms with van der Waals surface area (Å²) in [6.07, 6.45) is 2.91. The van der Waals surface area contributed by atoms with Crippen LogP contribution in [0.15, 0.2) is 47.4 Å². The Morgan fingerprint density at radius 1 is 1.23 bits per heavy atom. The molecule has 2 N–H and O–H groups in total. The van der Waals surface area contributed by atoms with Crippen molar-refractivity contribution < 1.29 is 17.6 Å². The SMILES string of the molecule is Cc1cc(S(=O)(=O)N2CCCC[C@H]2CCNC(=O)Nc2cccc(Cl)c2)ccc1F. The second-order valence-electron chi connectivity index (χ2n) is 7.36. The van der Waals surface area contributed by atoms with Gasteiger partial charge >= 0.3 is 6.03 Å². The summed E-state index contributed by atoms with van der Waals surface area (Å²) in [4.78, 5) is 12.2. The Balaban J connectivity index is 1.61. The number of nitrogens with one attached hydrogen (secondary N) is 2. The van der Waals surface area contributed by atoms with Crippen molar-refractivity contribution in [2.75, 3.05) is 18.4 Å². The predicted molar refractivity (Wildman–Crippen MR) is 116 cm³/mol. The van der Waals surface area contributed by atoms with E-state index in [0.717, 1.165) is 19.3 Å². The number of nitrogens with zero attached hydrogens (tertiary/aromatic N) is 1. The van der Waals surface area contributed by atoms with Crippen LogP contribution in [-0.2, 0) is 10.0 Å². The fourth-order valence-electron chi connectivity index (χ4n) is 3.59. The van der Waals surface area contributed by atoms with E-state index in [2.05, 4.69) is 10.6 Å². The lowest BCUT2D eigenvalue weighted by Gasteiger charge is -2.34. The van der Waals surface area contributed by atoms with Crippen molar-refractivity contribution in [2.24, 2.45) is 0 Å². The quantitative estimate of drug-likeness (QED) is 0.673. The molecular formula is C21H25ClFN3O3S. The van der Waals surface area contributed by atoms with Crippen LogP contribution in [0.2, 0.25) is 5.02 Å². The van der Waals surface area contributed by atoms with Gasteiger partial charge in [-0.3, -0.25) is 0 Å². The molecule has 1 saturated heterocycles. The third-order valence-electron chi connectivity index (χ3n) is 5.15. The molecular weight excluding hydrogens is 429 g/mol. The van der Waals surface area contributed by atoms with Crippen LogP contribution in [0.4, 0.5) is 14.9 Å². The minimum Gasteiger partial charge on any atom is -0.338 e. The van der Waals surface area contributed by atoms with E-state index in [1.54, 1.807) is 31.2 Å². The van der Waals surface area contributed by atoms with Gasteiger partial charge in [0.15, 0.2) is 0 Å². The van der Waals surface area contributed by atoms with Gasteiger partial charge in [0.05, 0.1) is 4.90 Å². The van der Waals surface area contributed by atoms with E-state index in [1.165, 1.54) is 22.5 Å². The number of hydrogen-bond donors (Lipinski definition) is 2. The summed E-state index contributed by atoms with van der Waals surface area (Å²) < 4.78 is 41.3. The third kappa shape index (κ3) is 5.50.